The van der Waals surface area contributed by atoms with Gasteiger partial charge in [-0.2, -0.15) is 11.8 Å². The summed E-state index contributed by atoms with van der Waals surface area (Å²) in [5.74, 6) is 1.13. The predicted molar refractivity (Wildman–Crippen MR) is 55.3 cm³/mol. The van der Waals surface area contributed by atoms with Crippen molar-refractivity contribution in [1.82, 2.24) is 5.32 Å². The van der Waals surface area contributed by atoms with Crippen LogP contribution in [-0.2, 0) is 0 Å². The Hall–Kier alpha value is 0.0500. The summed E-state index contributed by atoms with van der Waals surface area (Å²) in [6.45, 7) is 10.4. The van der Waals surface area contributed by atoms with E-state index in [9.17, 15) is 0 Å². The Kier molecular flexibility index (Phi) is 5.69. The minimum absolute atomic E-state index is 0.474. The first-order chi connectivity index (χ1) is 5.07. The smallest absolute Gasteiger partial charge is 0.0363 e. The van der Waals surface area contributed by atoms with Crippen LogP contribution in [0.15, 0.2) is 12.2 Å². The van der Waals surface area contributed by atoms with E-state index in [4.69, 9.17) is 0 Å². The van der Waals surface area contributed by atoms with Crippen LogP contribution in [0.2, 0.25) is 0 Å². The van der Waals surface area contributed by atoms with E-state index < -0.39 is 0 Å². The summed E-state index contributed by atoms with van der Waals surface area (Å²) in [7, 11) is 1.99. The van der Waals surface area contributed by atoms with Crippen LogP contribution in [-0.4, -0.2) is 24.1 Å². The summed E-state index contributed by atoms with van der Waals surface area (Å²) in [5, 5.41) is 3.95. The third-order valence-electron chi connectivity index (χ3n) is 1.54. The number of rotatable bonds is 5. The Morgan fingerprint density at radius 2 is 2.09 bits per heavy atom. The van der Waals surface area contributed by atoms with E-state index in [1.54, 1.807) is 0 Å². The molecule has 0 bridgehead atoms. The molecule has 0 spiro atoms. The molecular formula is C9H19NS. The van der Waals surface area contributed by atoms with E-state index in [0.717, 1.165) is 5.75 Å². The van der Waals surface area contributed by atoms with Crippen LogP contribution in [0.1, 0.15) is 20.8 Å². The lowest BCUT2D eigenvalue weighted by Crippen LogP contribution is -2.28. The maximum atomic E-state index is 3.93. The van der Waals surface area contributed by atoms with Gasteiger partial charge in [-0.25, -0.2) is 0 Å². The van der Waals surface area contributed by atoms with E-state index in [1.807, 2.05) is 18.8 Å². The molecule has 0 aromatic rings. The van der Waals surface area contributed by atoms with Crippen LogP contribution in [0.4, 0.5) is 0 Å². The fourth-order valence-corrected chi connectivity index (χ4v) is 1.79. The molecule has 0 saturated heterocycles. The molecule has 0 amide bonds. The molecule has 0 fully saturated rings. The average Bonchev–Trinajstić information content (AvgIpc) is 1.87. The zero-order valence-corrected chi connectivity index (χ0v) is 8.79. The van der Waals surface area contributed by atoms with Crippen molar-refractivity contribution in [2.24, 2.45) is 0 Å². The largest absolute Gasteiger partial charge is 0.313 e. The molecule has 0 radical (unpaired) electrons. The predicted octanol–water partition coefficient (Wildman–Crippen LogP) is 2.29. The van der Waals surface area contributed by atoms with Crippen molar-refractivity contribution in [3.63, 3.8) is 0 Å². The monoisotopic (exact) mass is 173 g/mol. The highest BCUT2D eigenvalue weighted by atomic mass is 32.2. The van der Waals surface area contributed by atoms with Crippen molar-refractivity contribution in [3.8, 4) is 0 Å². The van der Waals surface area contributed by atoms with Crippen molar-refractivity contribution in [3.05, 3.63) is 12.2 Å². The highest BCUT2D eigenvalue weighted by Gasteiger charge is 2.06. The fraction of sp³-hybridized carbons (Fsp3) is 0.778. The van der Waals surface area contributed by atoms with Crippen LogP contribution in [0, 0.1) is 0 Å². The molecule has 1 atom stereocenters. The Balaban J connectivity index is 3.61. The fourth-order valence-electron chi connectivity index (χ4n) is 0.761. The number of thioether (sulfide) groups is 1. The summed E-state index contributed by atoms with van der Waals surface area (Å²) in [5.41, 5.74) is 1.22. The van der Waals surface area contributed by atoms with Gasteiger partial charge in [0.05, 0.1) is 0 Å². The summed E-state index contributed by atoms with van der Waals surface area (Å²) in [6.07, 6.45) is 0. The zero-order chi connectivity index (χ0) is 8.85. The Morgan fingerprint density at radius 1 is 1.55 bits per heavy atom. The molecule has 0 aliphatic carbocycles. The van der Waals surface area contributed by atoms with Crippen LogP contribution >= 0.6 is 11.8 Å². The molecule has 0 aliphatic rings. The Bertz CT molecular complexity index is 121. The highest BCUT2D eigenvalue weighted by molar-refractivity contribution is 7.99. The lowest BCUT2D eigenvalue weighted by molar-refractivity contribution is 0.702. The van der Waals surface area contributed by atoms with Gasteiger partial charge >= 0.3 is 0 Å². The minimum atomic E-state index is 0.474. The first-order valence-electron chi connectivity index (χ1n) is 4.02. The van der Waals surface area contributed by atoms with E-state index in [-0.39, 0.29) is 0 Å². The van der Waals surface area contributed by atoms with Gasteiger partial charge in [0.15, 0.2) is 0 Å². The minimum Gasteiger partial charge on any atom is -0.313 e. The molecule has 1 unspecified atom stereocenters. The van der Waals surface area contributed by atoms with Gasteiger partial charge in [0.1, 0.15) is 0 Å². The van der Waals surface area contributed by atoms with Crippen LogP contribution in [0.5, 0.6) is 0 Å². The molecule has 0 aliphatic heterocycles. The van der Waals surface area contributed by atoms with Crippen LogP contribution < -0.4 is 5.32 Å². The van der Waals surface area contributed by atoms with Gasteiger partial charge in [-0.15, -0.1) is 0 Å². The van der Waals surface area contributed by atoms with Crippen molar-refractivity contribution < 1.29 is 0 Å². The van der Waals surface area contributed by atoms with Gasteiger partial charge in [-0.1, -0.05) is 26.0 Å². The number of hydrogen-bond donors (Lipinski definition) is 1. The molecule has 0 saturated carbocycles. The van der Waals surface area contributed by atoms with E-state index in [0.29, 0.717) is 11.3 Å². The lowest BCUT2D eigenvalue weighted by Gasteiger charge is -2.16. The van der Waals surface area contributed by atoms with Gasteiger partial charge < -0.3 is 5.32 Å². The lowest BCUT2D eigenvalue weighted by atomic mass is 10.2. The summed E-state index contributed by atoms with van der Waals surface area (Å²) in [4.78, 5) is 0. The second-order valence-corrected chi connectivity index (χ2v) is 4.68. The number of hydrogen-bond acceptors (Lipinski definition) is 2. The molecule has 11 heavy (non-hydrogen) atoms. The molecule has 0 rings (SSSR count). The molecule has 0 aromatic carbocycles. The van der Waals surface area contributed by atoms with Crippen molar-refractivity contribution in [2.75, 3.05) is 12.8 Å². The van der Waals surface area contributed by atoms with E-state index >= 15 is 0 Å². The Labute approximate surface area is 74.6 Å². The van der Waals surface area contributed by atoms with Gasteiger partial charge in [-0.05, 0) is 19.2 Å². The molecule has 2 heteroatoms. The summed E-state index contributed by atoms with van der Waals surface area (Å²) >= 11 is 1.97. The Morgan fingerprint density at radius 3 is 2.36 bits per heavy atom. The molecule has 0 aromatic heterocycles. The van der Waals surface area contributed by atoms with Crippen LogP contribution in [0.3, 0.4) is 0 Å². The van der Waals surface area contributed by atoms with Gasteiger partial charge in [-0.3, -0.25) is 0 Å². The van der Waals surface area contributed by atoms with Gasteiger partial charge in [0.25, 0.3) is 0 Å². The zero-order valence-electron chi connectivity index (χ0n) is 7.98. The first-order valence-corrected chi connectivity index (χ1v) is 5.07. The number of likely N-dealkylation sites (N-methyl/N-ethyl adjacent to an activating group) is 1. The summed E-state index contributed by atoms with van der Waals surface area (Å²) in [6, 6.07) is 0.474. The SMILES string of the molecule is C=C(C)C(CSC(C)C)NC. The van der Waals surface area contributed by atoms with Crippen LogP contribution in [0.25, 0.3) is 0 Å². The highest BCUT2D eigenvalue weighted by Crippen LogP contribution is 2.13. The average molecular weight is 173 g/mol. The third kappa shape index (κ3) is 5.33. The number of nitrogens with one attached hydrogen (secondary N) is 1. The topological polar surface area (TPSA) is 12.0 Å². The van der Waals surface area contributed by atoms with E-state index in [1.165, 1.54) is 5.57 Å². The third-order valence-corrected chi connectivity index (χ3v) is 2.73. The quantitative estimate of drug-likeness (QED) is 0.640. The molecule has 1 nitrogen and oxygen atoms in total. The summed E-state index contributed by atoms with van der Waals surface area (Å²) < 4.78 is 0. The first kappa shape index (κ1) is 11.1. The molecule has 1 N–H and O–H groups in total. The second kappa shape index (κ2) is 5.67. The van der Waals surface area contributed by atoms with Gasteiger partial charge in [0, 0.05) is 11.8 Å². The standard InChI is InChI=1S/C9H19NS/c1-7(2)9(10-5)6-11-8(3)4/h8-10H,1,6H2,2-5H3. The van der Waals surface area contributed by atoms with Gasteiger partial charge in [0.2, 0.25) is 0 Å². The molecular weight excluding hydrogens is 154 g/mol. The molecule has 0 heterocycles. The van der Waals surface area contributed by atoms with Crippen molar-refractivity contribution in [1.29, 1.82) is 0 Å². The second-order valence-electron chi connectivity index (χ2n) is 3.07. The molecule has 66 valence electrons. The van der Waals surface area contributed by atoms with Crippen molar-refractivity contribution >= 4 is 11.8 Å². The normalized spacial score (nSPS) is 13.5. The van der Waals surface area contributed by atoms with E-state index in [2.05, 4.69) is 32.7 Å². The maximum absolute atomic E-state index is 3.93. The maximum Gasteiger partial charge on any atom is 0.0363 e. The van der Waals surface area contributed by atoms with Crippen molar-refractivity contribution in [2.45, 2.75) is 32.1 Å².